The minimum absolute atomic E-state index is 0. The van der Waals surface area contributed by atoms with Gasteiger partial charge in [0.2, 0.25) is 0 Å². The standard InChI is InChI=1S/C18H38N4O.HI/c1-5-6-13-23-14-7-10-20-18(19-4)21-15-17(3)22-11-8-16(2)9-12-22;/h16-17H,5-15H2,1-4H3,(H2,19,20,21);1H. The van der Waals surface area contributed by atoms with Crippen molar-refractivity contribution in [3.8, 4) is 0 Å². The van der Waals surface area contributed by atoms with E-state index in [0.717, 1.165) is 51.0 Å². The first kappa shape index (κ1) is 23.9. The quantitative estimate of drug-likeness (QED) is 0.231. The van der Waals surface area contributed by atoms with Gasteiger partial charge in [0.25, 0.3) is 0 Å². The van der Waals surface area contributed by atoms with Crippen LogP contribution in [0.25, 0.3) is 0 Å². The Balaban J connectivity index is 0.00000529. The summed E-state index contributed by atoms with van der Waals surface area (Å²) < 4.78 is 5.57. The molecule has 0 aromatic carbocycles. The third-order valence-corrected chi connectivity index (χ3v) is 4.63. The first-order valence-electron chi connectivity index (χ1n) is 9.43. The van der Waals surface area contributed by atoms with E-state index in [4.69, 9.17) is 4.74 Å². The van der Waals surface area contributed by atoms with Crippen LogP contribution in [0, 0.1) is 5.92 Å². The summed E-state index contributed by atoms with van der Waals surface area (Å²) in [6.07, 6.45) is 6.03. The third kappa shape index (κ3) is 10.7. The average molecular weight is 454 g/mol. The Labute approximate surface area is 166 Å². The molecule has 0 aromatic rings. The molecule has 5 nitrogen and oxygen atoms in total. The van der Waals surface area contributed by atoms with E-state index in [0.29, 0.717) is 6.04 Å². The Kier molecular flexibility index (Phi) is 15.1. The molecule has 24 heavy (non-hydrogen) atoms. The van der Waals surface area contributed by atoms with Crippen molar-refractivity contribution in [1.29, 1.82) is 0 Å². The minimum Gasteiger partial charge on any atom is -0.381 e. The van der Waals surface area contributed by atoms with Gasteiger partial charge < -0.3 is 15.4 Å². The van der Waals surface area contributed by atoms with Gasteiger partial charge in [0.15, 0.2) is 5.96 Å². The number of aliphatic imine (C=N–C) groups is 1. The summed E-state index contributed by atoms with van der Waals surface area (Å²) in [6.45, 7) is 12.9. The lowest BCUT2D eigenvalue weighted by molar-refractivity contribution is 0.129. The molecule has 1 aliphatic rings. The fraction of sp³-hybridized carbons (Fsp3) is 0.944. The van der Waals surface area contributed by atoms with E-state index in [9.17, 15) is 0 Å². The van der Waals surface area contributed by atoms with Crippen molar-refractivity contribution in [2.75, 3.05) is 46.4 Å². The highest BCUT2D eigenvalue weighted by Gasteiger charge is 2.20. The summed E-state index contributed by atoms with van der Waals surface area (Å²) >= 11 is 0. The lowest BCUT2D eigenvalue weighted by atomic mass is 9.98. The zero-order chi connectivity index (χ0) is 16.9. The number of nitrogens with zero attached hydrogens (tertiary/aromatic N) is 2. The van der Waals surface area contributed by atoms with Gasteiger partial charge in [-0.05, 0) is 51.6 Å². The SMILES string of the molecule is CCCCOCCCNC(=NC)NCC(C)N1CCC(C)CC1.I. The fourth-order valence-electron chi connectivity index (χ4n) is 2.79. The Morgan fingerprint density at radius 1 is 1.21 bits per heavy atom. The number of ether oxygens (including phenoxy) is 1. The van der Waals surface area contributed by atoms with Crippen LogP contribution >= 0.6 is 24.0 Å². The average Bonchev–Trinajstić information content (AvgIpc) is 2.57. The second-order valence-corrected chi connectivity index (χ2v) is 6.77. The van der Waals surface area contributed by atoms with Crippen LogP contribution in [0.2, 0.25) is 0 Å². The molecule has 2 N–H and O–H groups in total. The Morgan fingerprint density at radius 3 is 2.50 bits per heavy atom. The van der Waals surface area contributed by atoms with E-state index in [-0.39, 0.29) is 24.0 Å². The molecular formula is C18H39IN4O. The van der Waals surface area contributed by atoms with Crippen LogP contribution in [-0.2, 0) is 4.74 Å². The lowest BCUT2D eigenvalue weighted by Gasteiger charge is -2.35. The van der Waals surface area contributed by atoms with Crippen LogP contribution in [0.3, 0.4) is 0 Å². The zero-order valence-electron chi connectivity index (χ0n) is 16.1. The largest absolute Gasteiger partial charge is 0.381 e. The second kappa shape index (κ2) is 15.2. The van der Waals surface area contributed by atoms with Crippen molar-refractivity contribution >= 4 is 29.9 Å². The van der Waals surface area contributed by atoms with Gasteiger partial charge in [-0.2, -0.15) is 0 Å². The van der Waals surface area contributed by atoms with E-state index in [1.165, 1.54) is 32.4 Å². The van der Waals surface area contributed by atoms with E-state index in [2.05, 4.69) is 41.3 Å². The van der Waals surface area contributed by atoms with Crippen molar-refractivity contribution in [3.63, 3.8) is 0 Å². The maximum absolute atomic E-state index is 5.57. The highest BCUT2D eigenvalue weighted by atomic mass is 127. The smallest absolute Gasteiger partial charge is 0.191 e. The molecule has 1 rings (SSSR count). The summed E-state index contributed by atoms with van der Waals surface area (Å²) in [5.74, 6) is 1.79. The second-order valence-electron chi connectivity index (χ2n) is 6.77. The van der Waals surface area contributed by atoms with Crippen LogP contribution in [0.1, 0.15) is 52.9 Å². The molecule has 6 heteroatoms. The summed E-state index contributed by atoms with van der Waals surface area (Å²) in [4.78, 5) is 6.88. The van der Waals surface area contributed by atoms with E-state index in [1.807, 2.05) is 7.05 Å². The molecule has 1 aliphatic heterocycles. The molecule has 1 fully saturated rings. The van der Waals surface area contributed by atoms with Crippen LogP contribution in [0.5, 0.6) is 0 Å². The molecular weight excluding hydrogens is 415 g/mol. The van der Waals surface area contributed by atoms with Crippen molar-refractivity contribution in [1.82, 2.24) is 15.5 Å². The number of piperidine rings is 1. The molecule has 1 unspecified atom stereocenters. The van der Waals surface area contributed by atoms with Gasteiger partial charge in [0.05, 0.1) is 0 Å². The fourth-order valence-corrected chi connectivity index (χ4v) is 2.79. The maximum Gasteiger partial charge on any atom is 0.191 e. The number of halogens is 1. The van der Waals surface area contributed by atoms with Crippen molar-refractivity contribution in [2.45, 2.75) is 58.9 Å². The number of nitrogens with one attached hydrogen (secondary N) is 2. The van der Waals surface area contributed by atoms with E-state index < -0.39 is 0 Å². The minimum atomic E-state index is 0. The summed E-state index contributed by atoms with van der Waals surface area (Å²) in [7, 11) is 1.83. The Bertz CT molecular complexity index is 320. The van der Waals surface area contributed by atoms with Crippen LogP contribution in [-0.4, -0.2) is 63.3 Å². The number of hydrogen-bond donors (Lipinski definition) is 2. The first-order valence-corrected chi connectivity index (χ1v) is 9.43. The maximum atomic E-state index is 5.57. The van der Waals surface area contributed by atoms with E-state index >= 15 is 0 Å². The molecule has 0 bridgehead atoms. The summed E-state index contributed by atoms with van der Waals surface area (Å²) in [5, 5.41) is 6.81. The van der Waals surface area contributed by atoms with Gasteiger partial charge in [0.1, 0.15) is 0 Å². The van der Waals surface area contributed by atoms with Crippen LogP contribution in [0.4, 0.5) is 0 Å². The highest BCUT2D eigenvalue weighted by Crippen LogP contribution is 2.17. The predicted octanol–water partition coefficient (Wildman–Crippen LogP) is 3.10. The monoisotopic (exact) mass is 454 g/mol. The van der Waals surface area contributed by atoms with Gasteiger partial charge in [-0.25, -0.2) is 0 Å². The number of unbranched alkanes of at least 4 members (excludes halogenated alkanes) is 1. The number of likely N-dealkylation sites (tertiary alicyclic amines) is 1. The Hall–Kier alpha value is -0.0800. The molecule has 0 amide bonds. The third-order valence-electron chi connectivity index (χ3n) is 4.63. The molecule has 1 heterocycles. The molecule has 144 valence electrons. The lowest BCUT2D eigenvalue weighted by Crippen LogP contribution is -2.48. The first-order chi connectivity index (χ1) is 11.2. The highest BCUT2D eigenvalue weighted by molar-refractivity contribution is 14.0. The van der Waals surface area contributed by atoms with Crippen LogP contribution in [0.15, 0.2) is 4.99 Å². The van der Waals surface area contributed by atoms with Crippen molar-refractivity contribution in [2.24, 2.45) is 10.9 Å². The van der Waals surface area contributed by atoms with E-state index in [1.54, 1.807) is 0 Å². The van der Waals surface area contributed by atoms with Crippen LogP contribution < -0.4 is 10.6 Å². The van der Waals surface area contributed by atoms with Gasteiger partial charge in [0, 0.05) is 39.4 Å². The number of hydrogen-bond acceptors (Lipinski definition) is 3. The summed E-state index contributed by atoms with van der Waals surface area (Å²) in [6, 6.07) is 0.554. The molecule has 0 aliphatic carbocycles. The molecule has 0 spiro atoms. The van der Waals surface area contributed by atoms with Crippen molar-refractivity contribution < 1.29 is 4.74 Å². The molecule has 0 aromatic heterocycles. The van der Waals surface area contributed by atoms with Gasteiger partial charge in [-0.15, -0.1) is 24.0 Å². The van der Waals surface area contributed by atoms with Gasteiger partial charge in [-0.3, -0.25) is 9.89 Å². The van der Waals surface area contributed by atoms with Gasteiger partial charge >= 0.3 is 0 Å². The van der Waals surface area contributed by atoms with Gasteiger partial charge in [-0.1, -0.05) is 20.3 Å². The molecule has 1 atom stereocenters. The Morgan fingerprint density at radius 2 is 1.88 bits per heavy atom. The van der Waals surface area contributed by atoms with Crippen molar-refractivity contribution in [3.05, 3.63) is 0 Å². The molecule has 0 saturated carbocycles. The molecule has 1 saturated heterocycles. The molecule has 0 radical (unpaired) electrons. The number of rotatable bonds is 10. The predicted molar refractivity (Wildman–Crippen MR) is 115 cm³/mol. The summed E-state index contributed by atoms with van der Waals surface area (Å²) in [5.41, 5.74) is 0. The normalized spacial score (nSPS) is 18.1. The zero-order valence-corrected chi connectivity index (χ0v) is 18.5. The number of guanidine groups is 1. The topological polar surface area (TPSA) is 48.9 Å².